The number of cyclic esters (lactones) is 1. The highest BCUT2D eigenvalue weighted by Gasteiger charge is 2.44. The van der Waals surface area contributed by atoms with E-state index in [-0.39, 0.29) is 19.6 Å². The Hall–Kier alpha value is -2.14. The van der Waals surface area contributed by atoms with Crippen LogP contribution < -0.4 is 0 Å². The molecule has 5 heteroatoms. The van der Waals surface area contributed by atoms with Crippen LogP contribution in [0.4, 0.5) is 0 Å². The summed E-state index contributed by atoms with van der Waals surface area (Å²) in [7, 11) is 0. The Bertz CT molecular complexity index is 726. The zero-order valence-corrected chi connectivity index (χ0v) is 17.5. The van der Waals surface area contributed by atoms with Gasteiger partial charge in [0.1, 0.15) is 6.61 Å². The predicted octanol–water partition coefficient (Wildman–Crippen LogP) is 4.34. The van der Waals surface area contributed by atoms with Gasteiger partial charge < -0.3 is 14.6 Å². The molecule has 1 aliphatic rings. The summed E-state index contributed by atoms with van der Waals surface area (Å²) in [5, 5.41) is 9.83. The number of benzene rings is 1. The third kappa shape index (κ3) is 5.44. The van der Waals surface area contributed by atoms with E-state index in [0.29, 0.717) is 11.1 Å². The molecule has 5 nitrogen and oxygen atoms in total. The van der Waals surface area contributed by atoms with E-state index in [2.05, 4.69) is 6.92 Å². The summed E-state index contributed by atoms with van der Waals surface area (Å²) in [6, 6.07) is 3.86. The van der Waals surface area contributed by atoms with Crippen molar-refractivity contribution in [3.63, 3.8) is 0 Å². The Kier molecular flexibility index (Phi) is 7.81. The molecular formula is C23H32O5. The first-order valence-corrected chi connectivity index (χ1v) is 10.1. The first-order chi connectivity index (χ1) is 13.3. The Labute approximate surface area is 167 Å². The van der Waals surface area contributed by atoms with Gasteiger partial charge in [0.05, 0.1) is 12.2 Å². The van der Waals surface area contributed by atoms with Gasteiger partial charge in [-0.05, 0) is 44.7 Å². The molecule has 1 atom stereocenters. The number of carbonyl (C=O) groups is 2. The highest BCUT2D eigenvalue weighted by Crippen LogP contribution is 2.32. The van der Waals surface area contributed by atoms with E-state index in [1.807, 2.05) is 39.0 Å². The minimum atomic E-state index is -1.19. The quantitative estimate of drug-likeness (QED) is 0.387. The summed E-state index contributed by atoms with van der Waals surface area (Å²) < 4.78 is 10.9. The molecule has 2 rings (SSSR count). The second-order valence-corrected chi connectivity index (χ2v) is 7.84. The lowest BCUT2D eigenvalue weighted by atomic mass is 9.97. The van der Waals surface area contributed by atoms with Gasteiger partial charge in [0.2, 0.25) is 0 Å². The summed E-state index contributed by atoms with van der Waals surface area (Å²) in [4.78, 5) is 24.8. The summed E-state index contributed by atoms with van der Waals surface area (Å²) in [5.41, 5.74) is 2.66. The van der Waals surface area contributed by atoms with Crippen LogP contribution in [0.3, 0.4) is 0 Å². The van der Waals surface area contributed by atoms with Gasteiger partial charge in [0.15, 0.2) is 5.60 Å². The first-order valence-electron chi connectivity index (χ1n) is 10.1. The fourth-order valence-corrected chi connectivity index (χ4v) is 3.71. The third-order valence-corrected chi connectivity index (χ3v) is 5.17. The molecule has 1 fully saturated rings. The molecule has 0 aliphatic carbocycles. The van der Waals surface area contributed by atoms with Gasteiger partial charge in [-0.3, -0.25) is 0 Å². The van der Waals surface area contributed by atoms with E-state index < -0.39 is 17.5 Å². The minimum Gasteiger partial charge on any atom is -0.458 e. The highest BCUT2D eigenvalue weighted by molar-refractivity contribution is 5.93. The molecule has 0 radical (unpaired) electrons. The van der Waals surface area contributed by atoms with Crippen molar-refractivity contribution in [2.45, 2.75) is 71.8 Å². The maximum atomic E-state index is 12.6. The van der Waals surface area contributed by atoms with Gasteiger partial charge >= 0.3 is 11.9 Å². The standard InChI is InChI=1S/C23H32O5/c1-5-6-7-8-9-10-19-13-23(14-24,28-21(19)25)15-27-22(26)20-17(3)11-16(2)12-18(20)4/h10-12,24H,5-9,13-15H2,1-4H3/b19-10+. The number of carbonyl (C=O) groups excluding carboxylic acids is 2. The zero-order valence-electron chi connectivity index (χ0n) is 17.5. The molecule has 0 spiro atoms. The summed E-state index contributed by atoms with van der Waals surface area (Å²) >= 11 is 0. The molecule has 0 amide bonds. The van der Waals surface area contributed by atoms with E-state index in [0.717, 1.165) is 42.4 Å². The number of aliphatic hydroxyl groups excluding tert-OH is 1. The maximum Gasteiger partial charge on any atom is 0.338 e. The second kappa shape index (κ2) is 9.87. The van der Waals surface area contributed by atoms with Crippen LogP contribution in [-0.4, -0.2) is 35.9 Å². The van der Waals surface area contributed by atoms with Crippen LogP contribution in [0.15, 0.2) is 23.8 Å². The Morgan fingerprint density at radius 2 is 1.89 bits per heavy atom. The van der Waals surface area contributed by atoms with Crippen LogP contribution in [0.5, 0.6) is 0 Å². The van der Waals surface area contributed by atoms with Crippen LogP contribution in [0.2, 0.25) is 0 Å². The number of aryl methyl sites for hydroxylation is 3. The van der Waals surface area contributed by atoms with Gasteiger partial charge in [-0.15, -0.1) is 0 Å². The molecule has 1 unspecified atom stereocenters. The van der Waals surface area contributed by atoms with Crippen molar-refractivity contribution in [2.24, 2.45) is 0 Å². The average molecular weight is 389 g/mol. The number of aliphatic hydroxyl groups is 1. The van der Waals surface area contributed by atoms with Crippen molar-refractivity contribution in [3.05, 3.63) is 46.0 Å². The molecule has 1 heterocycles. The monoisotopic (exact) mass is 388 g/mol. The van der Waals surface area contributed by atoms with E-state index >= 15 is 0 Å². The molecule has 0 saturated carbocycles. The summed E-state index contributed by atoms with van der Waals surface area (Å²) in [6.45, 7) is 7.33. The highest BCUT2D eigenvalue weighted by atomic mass is 16.6. The van der Waals surface area contributed by atoms with E-state index in [9.17, 15) is 14.7 Å². The zero-order chi connectivity index (χ0) is 20.7. The Balaban J connectivity index is 2.01. The normalized spacial score (nSPS) is 20.5. The third-order valence-electron chi connectivity index (χ3n) is 5.17. The van der Waals surface area contributed by atoms with E-state index in [4.69, 9.17) is 9.47 Å². The first kappa shape index (κ1) is 22.2. The van der Waals surface area contributed by atoms with Gasteiger partial charge in [-0.25, -0.2) is 9.59 Å². The number of allylic oxidation sites excluding steroid dienone is 1. The topological polar surface area (TPSA) is 72.8 Å². The minimum absolute atomic E-state index is 0.159. The molecule has 1 aliphatic heterocycles. The second-order valence-electron chi connectivity index (χ2n) is 7.84. The van der Waals surface area contributed by atoms with Crippen LogP contribution in [0, 0.1) is 20.8 Å². The molecule has 154 valence electrons. The summed E-state index contributed by atoms with van der Waals surface area (Å²) in [6.07, 6.45) is 7.47. The fraction of sp³-hybridized carbons (Fsp3) is 0.565. The molecule has 1 N–H and O–H groups in total. The number of unbranched alkanes of at least 4 members (excludes halogenated alkanes) is 4. The van der Waals surface area contributed by atoms with E-state index in [1.165, 1.54) is 6.42 Å². The predicted molar refractivity (Wildman–Crippen MR) is 108 cm³/mol. The van der Waals surface area contributed by atoms with Crippen molar-refractivity contribution >= 4 is 11.9 Å². The number of esters is 2. The molecule has 1 aromatic carbocycles. The molecule has 28 heavy (non-hydrogen) atoms. The molecule has 0 bridgehead atoms. The average Bonchev–Trinajstić information content (AvgIpc) is 2.95. The van der Waals surface area contributed by atoms with Crippen LogP contribution in [-0.2, 0) is 14.3 Å². The summed E-state index contributed by atoms with van der Waals surface area (Å²) in [5.74, 6) is -0.890. The van der Waals surface area contributed by atoms with Crippen molar-refractivity contribution < 1.29 is 24.2 Å². The largest absolute Gasteiger partial charge is 0.458 e. The van der Waals surface area contributed by atoms with Gasteiger partial charge in [-0.1, -0.05) is 50.0 Å². The lowest BCUT2D eigenvalue weighted by molar-refractivity contribution is -0.154. The lowest BCUT2D eigenvalue weighted by Crippen LogP contribution is -2.39. The van der Waals surface area contributed by atoms with Gasteiger partial charge in [0, 0.05) is 12.0 Å². The molecule has 1 aromatic rings. The SMILES string of the molecule is CCCCCC/C=C1\CC(CO)(COC(=O)c2c(C)cc(C)cc2C)OC1=O. The van der Waals surface area contributed by atoms with Crippen molar-refractivity contribution in [3.8, 4) is 0 Å². The number of rotatable bonds is 9. The van der Waals surface area contributed by atoms with Crippen LogP contribution in [0.25, 0.3) is 0 Å². The van der Waals surface area contributed by atoms with Crippen molar-refractivity contribution in [1.29, 1.82) is 0 Å². The van der Waals surface area contributed by atoms with Gasteiger partial charge in [-0.2, -0.15) is 0 Å². The van der Waals surface area contributed by atoms with Crippen molar-refractivity contribution in [2.75, 3.05) is 13.2 Å². The van der Waals surface area contributed by atoms with Crippen LogP contribution >= 0.6 is 0 Å². The van der Waals surface area contributed by atoms with Crippen molar-refractivity contribution in [1.82, 2.24) is 0 Å². The Morgan fingerprint density at radius 3 is 2.50 bits per heavy atom. The lowest BCUT2D eigenvalue weighted by Gasteiger charge is -2.24. The van der Waals surface area contributed by atoms with Gasteiger partial charge in [0.25, 0.3) is 0 Å². The molecular weight excluding hydrogens is 356 g/mol. The molecule has 1 saturated heterocycles. The van der Waals surface area contributed by atoms with E-state index in [1.54, 1.807) is 0 Å². The van der Waals surface area contributed by atoms with Crippen LogP contribution in [0.1, 0.15) is 72.5 Å². The maximum absolute atomic E-state index is 12.6. The number of ether oxygens (including phenoxy) is 2. The Morgan fingerprint density at radius 1 is 1.21 bits per heavy atom. The number of hydrogen-bond acceptors (Lipinski definition) is 5. The number of hydrogen-bond donors (Lipinski definition) is 1. The fourth-order valence-electron chi connectivity index (χ4n) is 3.71. The molecule has 0 aromatic heterocycles. The smallest absolute Gasteiger partial charge is 0.338 e.